The molecule has 1 fully saturated rings. The number of urea groups is 1. The molecular weight excluding hydrogens is 276 g/mol. The van der Waals surface area contributed by atoms with Crippen molar-refractivity contribution in [1.82, 2.24) is 10.6 Å². The van der Waals surface area contributed by atoms with Gasteiger partial charge in [0.05, 0.1) is 5.60 Å². The molecule has 0 aliphatic heterocycles. The van der Waals surface area contributed by atoms with E-state index in [1.807, 2.05) is 32.0 Å². The average Bonchev–Trinajstić information content (AvgIpc) is 3.30. The standard InChI is InChI=1S/C18H28N2O2/c1-13(2)18(3,22)12-19-17(21)20-16(15-9-10-15)11-14-7-5-4-6-8-14/h4-8,13,15-16,22H,9-12H2,1-3H3,(H2,19,20,21). The van der Waals surface area contributed by atoms with E-state index >= 15 is 0 Å². The molecule has 0 spiro atoms. The van der Waals surface area contributed by atoms with E-state index < -0.39 is 5.60 Å². The van der Waals surface area contributed by atoms with Gasteiger partial charge in [0.25, 0.3) is 0 Å². The fraction of sp³-hybridized carbons (Fsp3) is 0.611. The van der Waals surface area contributed by atoms with E-state index in [0.717, 1.165) is 6.42 Å². The average molecular weight is 304 g/mol. The summed E-state index contributed by atoms with van der Waals surface area (Å²) in [5.41, 5.74) is 0.361. The van der Waals surface area contributed by atoms with Gasteiger partial charge in [0.2, 0.25) is 0 Å². The number of benzene rings is 1. The highest BCUT2D eigenvalue weighted by Crippen LogP contribution is 2.34. The Morgan fingerprint density at radius 3 is 2.50 bits per heavy atom. The number of rotatable bonds is 7. The molecule has 0 radical (unpaired) electrons. The maximum atomic E-state index is 12.1. The Kier molecular flexibility index (Phi) is 5.46. The van der Waals surface area contributed by atoms with Crippen LogP contribution < -0.4 is 10.6 Å². The van der Waals surface area contributed by atoms with Crippen molar-refractivity contribution >= 4 is 6.03 Å². The topological polar surface area (TPSA) is 61.4 Å². The Morgan fingerprint density at radius 1 is 1.32 bits per heavy atom. The van der Waals surface area contributed by atoms with Gasteiger partial charge in [-0.25, -0.2) is 4.79 Å². The largest absolute Gasteiger partial charge is 0.388 e. The molecule has 2 atom stereocenters. The Labute approximate surface area is 133 Å². The van der Waals surface area contributed by atoms with Gasteiger partial charge in [-0.2, -0.15) is 0 Å². The normalized spacial score (nSPS) is 18.6. The Morgan fingerprint density at radius 2 is 1.95 bits per heavy atom. The van der Waals surface area contributed by atoms with Gasteiger partial charge in [0.1, 0.15) is 0 Å². The van der Waals surface area contributed by atoms with Gasteiger partial charge in [0, 0.05) is 12.6 Å². The number of aliphatic hydroxyl groups is 1. The first kappa shape index (κ1) is 16.8. The fourth-order valence-electron chi connectivity index (χ4n) is 2.38. The highest BCUT2D eigenvalue weighted by atomic mass is 16.3. The third kappa shape index (κ3) is 5.02. The van der Waals surface area contributed by atoms with Crippen molar-refractivity contribution in [3.8, 4) is 0 Å². The molecule has 2 unspecified atom stereocenters. The van der Waals surface area contributed by atoms with E-state index in [9.17, 15) is 9.90 Å². The Hall–Kier alpha value is -1.55. The zero-order valence-corrected chi connectivity index (χ0v) is 13.8. The molecule has 1 aliphatic carbocycles. The molecular formula is C18H28N2O2. The predicted octanol–water partition coefficient (Wildman–Crippen LogP) is 2.71. The van der Waals surface area contributed by atoms with Crippen LogP contribution in [-0.2, 0) is 6.42 Å². The number of carbonyl (C=O) groups excluding carboxylic acids is 1. The van der Waals surface area contributed by atoms with Crippen LogP contribution in [0.5, 0.6) is 0 Å². The van der Waals surface area contributed by atoms with Crippen molar-refractivity contribution in [3.63, 3.8) is 0 Å². The summed E-state index contributed by atoms with van der Waals surface area (Å²) < 4.78 is 0. The zero-order valence-electron chi connectivity index (χ0n) is 13.8. The lowest BCUT2D eigenvalue weighted by atomic mass is 9.93. The van der Waals surface area contributed by atoms with Crippen LogP contribution in [0.1, 0.15) is 39.2 Å². The molecule has 1 aromatic rings. The Balaban J connectivity index is 1.85. The minimum Gasteiger partial charge on any atom is -0.388 e. The molecule has 2 rings (SSSR count). The first-order valence-electron chi connectivity index (χ1n) is 8.19. The monoisotopic (exact) mass is 304 g/mol. The Bertz CT molecular complexity index is 481. The molecule has 1 saturated carbocycles. The van der Waals surface area contributed by atoms with Crippen LogP contribution in [0.3, 0.4) is 0 Å². The van der Waals surface area contributed by atoms with Gasteiger partial charge in [-0.05, 0) is 43.6 Å². The molecule has 0 heterocycles. The molecule has 4 nitrogen and oxygen atoms in total. The molecule has 0 bridgehead atoms. The van der Waals surface area contributed by atoms with Crippen LogP contribution in [0.25, 0.3) is 0 Å². The second kappa shape index (κ2) is 7.14. The zero-order chi connectivity index (χ0) is 16.2. The third-order valence-corrected chi connectivity index (χ3v) is 4.66. The van der Waals surface area contributed by atoms with Crippen molar-refractivity contribution in [2.24, 2.45) is 11.8 Å². The van der Waals surface area contributed by atoms with Gasteiger partial charge < -0.3 is 15.7 Å². The van der Waals surface area contributed by atoms with Crippen LogP contribution in [0.4, 0.5) is 4.79 Å². The molecule has 22 heavy (non-hydrogen) atoms. The van der Waals surface area contributed by atoms with Gasteiger partial charge in [-0.15, -0.1) is 0 Å². The summed E-state index contributed by atoms with van der Waals surface area (Å²) in [6, 6.07) is 10.2. The summed E-state index contributed by atoms with van der Waals surface area (Å²) in [5.74, 6) is 0.674. The van der Waals surface area contributed by atoms with Crippen LogP contribution in [0.2, 0.25) is 0 Å². The van der Waals surface area contributed by atoms with E-state index in [2.05, 4.69) is 22.8 Å². The van der Waals surface area contributed by atoms with Gasteiger partial charge in [-0.3, -0.25) is 0 Å². The molecule has 1 aromatic carbocycles. The fourth-order valence-corrected chi connectivity index (χ4v) is 2.38. The second-order valence-electron chi connectivity index (χ2n) is 6.97. The maximum Gasteiger partial charge on any atom is 0.315 e. The summed E-state index contributed by atoms with van der Waals surface area (Å²) in [6.45, 7) is 5.91. The van der Waals surface area contributed by atoms with E-state index in [0.29, 0.717) is 5.92 Å². The van der Waals surface area contributed by atoms with E-state index in [-0.39, 0.29) is 24.5 Å². The third-order valence-electron chi connectivity index (χ3n) is 4.66. The SMILES string of the molecule is CC(C)C(C)(O)CNC(=O)NC(Cc1ccccc1)C1CC1. The van der Waals surface area contributed by atoms with Crippen LogP contribution >= 0.6 is 0 Å². The van der Waals surface area contributed by atoms with Crippen molar-refractivity contribution < 1.29 is 9.90 Å². The summed E-state index contributed by atoms with van der Waals surface area (Å²) >= 11 is 0. The summed E-state index contributed by atoms with van der Waals surface area (Å²) in [5, 5.41) is 16.1. The lowest BCUT2D eigenvalue weighted by Crippen LogP contribution is -2.50. The van der Waals surface area contributed by atoms with Crippen molar-refractivity contribution in [2.45, 2.75) is 51.7 Å². The smallest absolute Gasteiger partial charge is 0.315 e. The summed E-state index contributed by atoms with van der Waals surface area (Å²) in [4.78, 5) is 12.1. The first-order chi connectivity index (χ1) is 10.4. The number of hydrogen-bond acceptors (Lipinski definition) is 2. The minimum absolute atomic E-state index is 0.0938. The highest BCUT2D eigenvalue weighted by Gasteiger charge is 2.33. The molecule has 4 heteroatoms. The maximum absolute atomic E-state index is 12.1. The minimum atomic E-state index is -0.883. The van der Waals surface area contributed by atoms with Crippen molar-refractivity contribution in [1.29, 1.82) is 0 Å². The second-order valence-corrected chi connectivity index (χ2v) is 6.97. The quantitative estimate of drug-likeness (QED) is 0.725. The summed E-state index contributed by atoms with van der Waals surface area (Å²) in [7, 11) is 0. The van der Waals surface area contributed by atoms with Gasteiger partial charge in [-0.1, -0.05) is 44.2 Å². The molecule has 122 valence electrons. The lowest BCUT2D eigenvalue weighted by Gasteiger charge is -2.28. The van der Waals surface area contributed by atoms with E-state index in [1.54, 1.807) is 6.92 Å². The molecule has 0 aromatic heterocycles. The number of nitrogens with one attached hydrogen (secondary N) is 2. The van der Waals surface area contributed by atoms with Crippen LogP contribution in [0, 0.1) is 11.8 Å². The number of carbonyl (C=O) groups is 1. The summed E-state index contributed by atoms with van der Waals surface area (Å²) in [6.07, 6.45) is 3.22. The highest BCUT2D eigenvalue weighted by molar-refractivity contribution is 5.74. The van der Waals surface area contributed by atoms with Gasteiger partial charge >= 0.3 is 6.03 Å². The van der Waals surface area contributed by atoms with Gasteiger partial charge in [0.15, 0.2) is 0 Å². The van der Waals surface area contributed by atoms with Crippen LogP contribution in [-0.4, -0.2) is 29.3 Å². The number of amides is 2. The lowest BCUT2D eigenvalue weighted by molar-refractivity contribution is 0.0165. The molecule has 2 amide bonds. The molecule has 3 N–H and O–H groups in total. The van der Waals surface area contributed by atoms with E-state index in [1.165, 1.54) is 18.4 Å². The predicted molar refractivity (Wildman–Crippen MR) is 88.7 cm³/mol. The van der Waals surface area contributed by atoms with E-state index in [4.69, 9.17) is 0 Å². The van der Waals surface area contributed by atoms with Crippen molar-refractivity contribution in [3.05, 3.63) is 35.9 Å². The molecule has 0 saturated heterocycles. The van der Waals surface area contributed by atoms with Crippen molar-refractivity contribution in [2.75, 3.05) is 6.54 Å². The first-order valence-corrected chi connectivity index (χ1v) is 8.19. The van der Waals surface area contributed by atoms with Crippen LogP contribution in [0.15, 0.2) is 30.3 Å². The number of hydrogen-bond donors (Lipinski definition) is 3. The molecule has 1 aliphatic rings.